The van der Waals surface area contributed by atoms with E-state index in [2.05, 4.69) is 21.3 Å². The smallest absolute Gasteiger partial charge is 0.319 e. The fourth-order valence-electron chi connectivity index (χ4n) is 4.48. The highest BCUT2D eigenvalue weighted by Crippen LogP contribution is 2.29. The van der Waals surface area contributed by atoms with Gasteiger partial charge in [0, 0.05) is 17.8 Å². The molecule has 0 bridgehead atoms. The zero-order chi connectivity index (χ0) is 29.3. The highest BCUT2D eigenvalue weighted by atomic mass is 16.6. The fraction of sp³-hybridized carbons (Fsp3) is 0.484. The Balaban J connectivity index is 0. The van der Waals surface area contributed by atoms with Crippen LogP contribution in [-0.4, -0.2) is 54.0 Å². The summed E-state index contributed by atoms with van der Waals surface area (Å²) >= 11 is 0. The number of ether oxygens (including phenoxy) is 1. The van der Waals surface area contributed by atoms with Crippen molar-refractivity contribution in [3.05, 3.63) is 66.2 Å². The van der Waals surface area contributed by atoms with Crippen molar-refractivity contribution in [2.75, 3.05) is 11.9 Å². The van der Waals surface area contributed by atoms with Crippen LogP contribution in [0.25, 0.3) is 0 Å². The van der Waals surface area contributed by atoms with Crippen molar-refractivity contribution < 1.29 is 29.6 Å². The van der Waals surface area contributed by atoms with Crippen molar-refractivity contribution in [2.24, 2.45) is 11.8 Å². The van der Waals surface area contributed by atoms with Crippen molar-refractivity contribution >= 4 is 29.3 Å². The summed E-state index contributed by atoms with van der Waals surface area (Å²) in [7, 11) is 0. The third-order valence-corrected chi connectivity index (χ3v) is 6.71. The molecule has 1 saturated heterocycles. The normalized spacial score (nSPS) is 18.4. The molecule has 4 amide bonds. The topological polar surface area (TPSA) is 129 Å². The third-order valence-electron chi connectivity index (χ3n) is 6.71. The van der Waals surface area contributed by atoms with E-state index in [0.717, 1.165) is 5.56 Å². The van der Waals surface area contributed by atoms with Crippen LogP contribution in [0.2, 0.25) is 0 Å². The Morgan fingerprint density at radius 3 is 1.82 bits per heavy atom. The van der Waals surface area contributed by atoms with E-state index < -0.39 is 41.6 Å². The van der Waals surface area contributed by atoms with E-state index in [9.17, 15) is 19.2 Å². The lowest BCUT2D eigenvalue weighted by Gasteiger charge is -2.27. The summed E-state index contributed by atoms with van der Waals surface area (Å²) in [6.45, 7) is 9.92. The molecular formula is C31H50N4O5. The molecule has 0 spiro atoms. The number of urea groups is 1. The first kappa shape index (κ1) is 30.8. The van der Waals surface area contributed by atoms with Crippen molar-refractivity contribution in [3.63, 3.8) is 0 Å². The van der Waals surface area contributed by atoms with E-state index in [1.165, 1.54) is 0 Å². The summed E-state index contributed by atoms with van der Waals surface area (Å²) in [5.74, 6) is -0.853. The predicted octanol–water partition coefficient (Wildman–Crippen LogP) is 4.82. The standard InChI is InChI=1S/C31H42N4O5.4H2/c1-20(2)16-24(27(36)31(5)19-40-31)33-29(38)26(18-22-12-8-6-9-13-22)34-28(37)25(17-21(3)4)35-30(39)32-23-14-10-7-11-15-23;;;;/h6-15,20-21,24-26H,16-19H2,1-5H3,(H,33,38)(H,34,37)(H2,32,35,39);4*1H/t24?,25?,26-,31?;;;;/m0..../s1. The molecule has 2 aromatic carbocycles. The second-order valence-corrected chi connectivity index (χ2v) is 11.5. The number of carbonyl (C=O) groups is 4. The van der Waals surface area contributed by atoms with Crippen LogP contribution in [0.5, 0.6) is 0 Å². The van der Waals surface area contributed by atoms with Gasteiger partial charge in [0.05, 0.1) is 12.6 Å². The second-order valence-electron chi connectivity index (χ2n) is 11.5. The highest BCUT2D eigenvalue weighted by Gasteiger charge is 2.50. The zero-order valence-electron chi connectivity index (χ0n) is 24.0. The van der Waals surface area contributed by atoms with E-state index in [-0.39, 0.29) is 29.7 Å². The quantitative estimate of drug-likeness (QED) is 0.247. The van der Waals surface area contributed by atoms with Crippen molar-refractivity contribution in [1.29, 1.82) is 0 Å². The maximum Gasteiger partial charge on any atom is 0.319 e. The molecule has 0 radical (unpaired) electrons. The Bertz CT molecular complexity index is 1170. The Labute approximate surface area is 242 Å². The first-order chi connectivity index (χ1) is 19.0. The summed E-state index contributed by atoms with van der Waals surface area (Å²) in [5, 5.41) is 11.2. The van der Waals surface area contributed by atoms with Gasteiger partial charge in [-0.15, -0.1) is 0 Å². The van der Waals surface area contributed by atoms with Gasteiger partial charge < -0.3 is 26.0 Å². The van der Waals surface area contributed by atoms with Crippen LogP contribution in [0.3, 0.4) is 0 Å². The minimum atomic E-state index is -0.959. The minimum Gasteiger partial charge on any atom is -0.361 e. The molecule has 40 heavy (non-hydrogen) atoms. The maximum atomic E-state index is 13.6. The van der Waals surface area contributed by atoms with Crippen LogP contribution in [-0.2, 0) is 25.5 Å². The number of benzene rings is 2. The number of anilines is 1. The molecule has 0 aromatic heterocycles. The Kier molecular flexibility index (Phi) is 10.8. The number of carbonyl (C=O) groups excluding carboxylic acids is 4. The van der Waals surface area contributed by atoms with Crippen LogP contribution < -0.4 is 21.3 Å². The van der Waals surface area contributed by atoms with E-state index in [4.69, 9.17) is 4.74 Å². The average Bonchev–Trinajstić information content (AvgIpc) is 3.66. The summed E-state index contributed by atoms with van der Waals surface area (Å²) < 4.78 is 5.35. The molecule has 4 N–H and O–H groups in total. The van der Waals surface area contributed by atoms with Crippen LogP contribution in [0.1, 0.15) is 58.7 Å². The molecule has 1 heterocycles. The summed E-state index contributed by atoms with van der Waals surface area (Å²) in [6.07, 6.45) is 1.05. The monoisotopic (exact) mass is 558 g/mol. The number of nitrogens with one attached hydrogen (secondary N) is 4. The van der Waals surface area contributed by atoms with Gasteiger partial charge in [-0.2, -0.15) is 0 Å². The van der Waals surface area contributed by atoms with E-state index in [1.54, 1.807) is 31.2 Å². The first-order valence-electron chi connectivity index (χ1n) is 13.9. The molecule has 1 fully saturated rings. The summed E-state index contributed by atoms with van der Waals surface area (Å²) in [4.78, 5) is 53.0. The van der Waals surface area contributed by atoms with E-state index in [0.29, 0.717) is 25.1 Å². The van der Waals surface area contributed by atoms with Gasteiger partial charge in [-0.25, -0.2) is 4.79 Å². The lowest BCUT2D eigenvalue weighted by Crippen LogP contribution is -2.57. The molecule has 4 atom stereocenters. The lowest BCUT2D eigenvalue weighted by molar-refractivity contribution is -0.133. The van der Waals surface area contributed by atoms with E-state index >= 15 is 0 Å². The Hall–Kier alpha value is -3.72. The number of hydrogen-bond acceptors (Lipinski definition) is 5. The fourth-order valence-corrected chi connectivity index (χ4v) is 4.48. The molecule has 224 valence electrons. The average molecular weight is 559 g/mol. The van der Waals surface area contributed by atoms with Gasteiger partial charge in [0.25, 0.3) is 0 Å². The number of ketones is 1. The van der Waals surface area contributed by atoms with Gasteiger partial charge in [0.2, 0.25) is 11.8 Å². The molecule has 9 heteroatoms. The van der Waals surface area contributed by atoms with Crippen LogP contribution in [0.15, 0.2) is 60.7 Å². The van der Waals surface area contributed by atoms with Crippen molar-refractivity contribution in [1.82, 2.24) is 16.0 Å². The maximum absolute atomic E-state index is 13.6. The molecule has 3 rings (SSSR count). The van der Waals surface area contributed by atoms with Crippen LogP contribution in [0, 0.1) is 11.8 Å². The summed E-state index contributed by atoms with van der Waals surface area (Å²) in [6, 6.07) is 15.2. The first-order valence-corrected chi connectivity index (χ1v) is 13.9. The number of rotatable bonds is 14. The molecule has 0 aliphatic carbocycles. The number of amides is 4. The highest BCUT2D eigenvalue weighted by molar-refractivity contribution is 5.99. The van der Waals surface area contributed by atoms with E-state index in [1.807, 2.05) is 64.1 Å². The van der Waals surface area contributed by atoms with Crippen LogP contribution in [0.4, 0.5) is 10.5 Å². The molecule has 1 aliphatic heterocycles. The molecular weight excluding hydrogens is 508 g/mol. The largest absolute Gasteiger partial charge is 0.361 e. The number of hydrogen-bond donors (Lipinski definition) is 4. The van der Waals surface area contributed by atoms with Crippen molar-refractivity contribution in [3.8, 4) is 0 Å². The molecule has 9 nitrogen and oxygen atoms in total. The van der Waals surface area contributed by atoms with Gasteiger partial charge in [-0.1, -0.05) is 76.2 Å². The molecule has 1 aliphatic rings. The molecule has 0 saturated carbocycles. The second kappa shape index (κ2) is 14.1. The van der Waals surface area contributed by atoms with Crippen molar-refractivity contribution in [2.45, 2.75) is 77.6 Å². The molecule has 2 aromatic rings. The Morgan fingerprint density at radius 1 is 0.775 bits per heavy atom. The Morgan fingerprint density at radius 2 is 1.27 bits per heavy atom. The number of Topliss-reactive ketones (excluding diaryl/α,β-unsaturated/α-hetero) is 1. The van der Waals surface area contributed by atoms with Gasteiger partial charge >= 0.3 is 6.03 Å². The van der Waals surface area contributed by atoms with Crippen LogP contribution >= 0.6 is 0 Å². The minimum absolute atomic E-state index is 0. The lowest BCUT2D eigenvalue weighted by atomic mass is 9.93. The SMILES string of the molecule is CC(C)CC(NC(=O)Nc1ccccc1)C(=O)N[C@@H](Cc1ccccc1)C(=O)NC(CC(C)C)C(=O)C1(C)CO1.[HH].[HH].[HH].[HH]. The van der Waals surface area contributed by atoms with Gasteiger partial charge in [-0.3, -0.25) is 14.4 Å². The number of epoxide rings is 1. The number of para-hydroxylation sites is 1. The van der Waals surface area contributed by atoms with Gasteiger partial charge in [0.1, 0.15) is 17.7 Å². The third kappa shape index (κ3) is 9.48. The van der Waals surface area contributed by atoms with Gasteiger partial charge in [0.15, 0.2) is 5.78 Å². The zero-order valence-corrected chi connectivity index (χ0v) is 24.0. The predicted molar refractivity (Wildman–Crippen MR) is 163 cm³/mol. The molecule has 3 unspecified atom stereocenters. The summed E-state index contributed by atoms with van der Waals surface area (Å²) in [5.41, 5.74) is 0.560. The van der Waals surface area contributed by atoms with Gasteiger partial charge in [-0.05, 0) is 49.3 Å².